The summed E-state index contributed by atoms with van der Waals surface area (Å²) >= 11 is 5.86. The molecule has 28 heavy (non-hydrogen) atoms. The third-order valence-corrected chi connectivity index (χ3v) is 5.01. The van der Waals surface area contributed by atoms with Crippen molar-refractivity contribution < 1.29 is 9.59 Å². The third kappa shape index (κ3) is 3.62. The van der Waals surface area contributed by atoms with E-state index in [1.807, 2.05) is 18.2 Å². The van der Waals surface area contributed by atoms with Crippen LogP contribution in [0.3, 0.4) is 0 Å². The van der Waals surface area contributed by atoms with Gasteiger partial charge in [-0.25, -0.2) is 0 Å². The van der Waals surface area contributed by atoms with Gasteiger partial charge in [0.25, 0.3) is 0 Å². The van der Waals surface area contributed by atoms with Gasteiger partial charge in [0, 0.05) is 28.6 Å². The molecule has 0 atom stereocenters. The summed E-state index contributed by atoms with van der Waals surface area (Å²) in [5, 5.41) is 4.13. The first-order chi connectivity index (χ1) is 13.5. The van der Waals surface area contributed by atoms with Crippen molar-refractivity contribution in [2.75, 3.05) is 11.1 Å². The Bertz CT molecular complexity index is 1120. The molecule has 1 aliphatic rings. The van der Waals surface area contributed by atoms with E-state index >= 15 is 0 Å². The average molecular weight is 392 g/mol. The number of aromatic nitrogens is 1. The second-order valence-corrected chi connectivity index (χ2v) is 7.17. The Kier molecular flexibility index (Phi) is 4.84. The molecule has 0 fully saturated rings. The molecule has 1 heterocycles. The predicted octanol–water partition coefficient (Wildman–Crippen LogP) is 4.64. The van der Waals surface area contributed by atoms with Crippen LogP contribution in [0.15, 0.2) is 48.5 Å². The summed E-state index contributed by atoms with van der Waals surface area (Å²) in [6, 6.07) is 12.5. The molecular weight excluding hydrogens is 374 g/mol. The topological polar surface area (TPSA) is 85.1 Å². The molecule has 1 aliphatic carbocycles. The summed E-state index contributed by atoms with van der Waals surface area (Å²) in [6.45, 7) is 0. The SMILES string of the molecule is Nc1c2c(nc3ccc(NC(=O)C=Cc4ccc(Cl)cc4)cc13)CCCC2=O. The number of benzene rings is 2. The van der Waals surface area contributed by atoms with Gasteiger partial charge in [0.2, 0.25) is 5.91 Å². The minimum Gasteiger partial charge on any atom is -0.398 e. The largest absolute Gasteiger partial charge is 0.398 e. The number of Topliss-reactive ketones (excluding diaryl/α,β-unsaturated/α-hetero) is 1. The van der Waals surface area contributed by atoms with Crippen LogP contribution in [-0.2, 0) is 11.2 Å². The summed E-state index contributed by atoms with van der Waals surface area (Å²) in [7, 11) is 0. The summed E-state index contributed by atoms with van der Waals surface area (Å²) in [5.74, 6) is -0.233. The van der Waals surface area contributed by atoms with Crippen molar-refractivity contribution in [3.05, 3.63) is 70.4 Å². The molecule has 2 aromatic carbocycles. The van der Waals surface area contributed by atoms with E-state index in [0.717, 1.165) is 29.6 Å². The third-order valence-electron chi connectivity index (χ3n) is 4.76. The quantitative estimate of drug-likeness (QED) is 0.637. The molecule has 5 nitrogen and oxygen atoms in total. The number of halogens is 1. The van der Waals surface area contributed by atoms with E-state index in [-0.39, 0.29) is 11.7 Å². The van der Waals surface area contributed by atoms with Crippen LogP contribution >= 0.6 is 11.6 Å². The average Bonchev–Trinajstić information content (AvgIpc) is 2.68. The Hall–Kier alpha value is -3.18. The number of aryl methyl sites for hydroxylation is 1. The monoisotopic (exact) mass is 391 g/mol. The van der Waals surface area contributed by atoms with Gasteiger partial charge in [-0.05, 0) is 54.8 Å². The van der Waals surface area contributed by atoms with Crippen LogP contribution in [0, 0.1) is 0 Å². The number of hydrogen-bond donors (Lipinski definition) is 2. The van der Waals surface area contributed by atoms with Crippen molar-refractivity contribution in [1.82, 2.24) is 4.98 Å². The highest BCUT2D eigenvalue weighted by molar-refractivity contribution is 6.30. The highest BCUT2D eigenvalue weighted by Gasteiger charge is 2.23. The van der Waals surface area contributed by atoms with Gasteiger partial charge in [-0.1, -0.05) is 23.7 Å². The van der Waals surface area contributed by atoms with E-state index in [4.69, 9.17) is 17.3 Å². The summed E-state index contributed by atoms with van der Waals surface area (Å²) in [6.07, 6.45) is 5.21. The number of rotatable bonds is 3. The molecule has 140 valence electrons. The second-order valence-electron chi connectivity index (χ2n) is 6.73. The minimum atomic E-state index is -0.269. The van der Waals surface area contributed by atoms with Gasteiger partial charge in [0.15, 0.2) is 5.78 Å². The van der Waals surface area contributed by atoms with E-state index in [1.165, 1.54) is 6.08 Å². The number of nitrogens with one attached hydrogen (secondary N) is 1. The molecule has 0 unspecified atom stereocenters. The lowest BCUT2D eigenvalue weighted by Gasteiger charge is -2.18. The number of nitrogen functional groups attached to an aromatic ring is 1. The molecular formula is C22H18ClN3O2. The molecule has 0 spiro atoms. The van der Waals surface area contributed by atoms with Crippen LogP contribution in [0.2, 0.25) is 5.02 Å². The zero-order valence-electron chi connectivity index (χ0n) is 15.0. The number of ketones is 1. The first-order valence-electron chi connectivity index (χ1n) is 9.01. The zero-order chi connectivity index (χ0) is 19.7. The van der Waals surface area contributed by atoms with Crippen LogP contribution in [0.1, 0.15) is 34.5 Å². The van der Waals surface area contributed by atoms with Crippen molar-refractivity contribution >= 4 is 51.6 Å². The number of hydrogen-bond acceptors (Lipinski definition) is 4. The molecule has 4 rings (SSSR count). The standard InChI is InChI=1S/C22H18ClN3O2/c23-14-7-4-13(5-8-14)6-11-20(28)25-15-9-10-17-16(12-15)22(24)21-18(26-17)2-1-3-19(21)27/h4-12H,1-3H2,(H2,24,26)(H,25,28). The first-order valence-corrected chi connectivity index (χ1v) is 9.39. The summed E-state index contributed by atoms with van der Waals surface area (Å²) in [5.41, 5.74) is 10.2. The number of anilines is 2. The number of pyridine rings is 1. The fourth-order valence-electron chi connectivity index (χ4n) is 3.38. The highest BCUT2D eigenvalue weighted by Crippen LogP contribution is 2.32. The maximum atomic E-state index is 12.2. The van der Waals surface area contributed by atoms with Gasteiger partial charge in [0.1, 0.15) is 0 Å². The molecule has 0 saturated heterocycles. The lowest BCUT2D eigenvalue weighted by Crippen LogP contribution is -2.16. The molecule has 1 aromatic heterocycles. The predicted molar refractivity (Wildman–Crippen MR) is 113 cm³/mol. The van der Waals surface area contributed by atoms with Gasteiger partial charge in [-0.3, -0.25) is 14.6 Å². The van der Waals surface area contributed by atoms with Gasteiger partial charge in [0.05, 0.1) is 22.5 Å². The lowest BCUT2D eigenvalue weighted by molar-refractivity contribution is -0.111. The number of nitrogens with two attached hydrogens (primary N) is 1. The molecule has 0 saturated carbocycles. The first kappa shape index (κ1) is 18.2. The molecule has 1 amide bonds. The van der Waals surface area contributed by atoms with Gasteiger partial charge >= 0.3 is 0 Å². The van der Waals surface area contributed by atoms with Gasteiger partial charge in [-0.2, -0.15) is 0 Å². The smallest absolute Gasteiger partial charge is 0.248 e. The molecule has 3 aromatic rings. The highest BCUT2D eigenvalue weighted by atomic mass is 35.5. The Morgan fingerprint density at radius 2 is 1.93 bits per heavy atom. The molecule has 3 N–H and O–H groups in total. The zero-order valence-corrected chi connectivity index (χ0v) is 15.8. The van der Waals surface area contributed by atoms with E-state index in [9.17, 15) is 9.59 Å². The van der Waals surface area contributed by atoms with Crippen molar-refractivity contribution in [3.8, 4) is 0 Å². The van der Waals surface area contributed by atoms with Crippen LogP contribution in [0.5, 0.6) is 0 Å². The van der Waals surface area contributed by atoms with Crippen LogP contribution in [0.4, 0.5) is 11.4 Å². The summed E-state index contributed by atoms with van der Waals surface area (Å²) < 4.78 is 0. The maximum absolute atomic E-state index is 12.2. The van der Waals surface area contributed by atoms with Crippen LogP contribution in [0.25, 0.3) is 17.0 Å². The van der Waals surface area contributed by atoms with E-state index in [0.29, 0.717) is 33.8 Å². The van der Waals surface area contributed by atoms with Gasteiger partial charge < -0.3 is 11.1 Å². The lowest BCUT2D eigenvalue weighted by atomic mass is 9.92. The van der Waals surface area contributed by atoms with Crippen LogP contribution in [-0.4, -0.2) is 16.7 Å². The Balaban J connectivity index is 1.59. The Labute approximate surface area is 167 Å². The molecule has 0 aliphatic heterocycles. The fraction of sp³-hybridized carbons (Fsp3) is 0.136. The van der Waals surface area contributed by atoms with Crippen molar-refractivity contribution in [2.45, 2.75) is 19.3 Å². The Morgan fingerprint density at radius 3 is 2.71 bits per heavy atom. The fourth-order valence-corrected chi connectivity index (χ4v) is 3.51. The van der Waals surface area contributed by atoms with E-state index in [2.05, 4.69) is 10.3 Å². The molecule has 0 bridgehead atoms. The van der Waals surface area contributed by atoms with E-state index in [1.54, 1.807) is 30.3 Å². The molecule has 0 radical (unpaired) electrons. The van der Waals surface area contributed by atoms with Crippen LogP contribution < -0.4 is 11.1 Å². The number of carbonyl (C=O) groups is 2. The summed E-state index contributed by atoms with van der Waals surface area (Å²) in [4.78, 5) is 29.1. The van der Waals surface area contributed by atoms with Crippen molar-refractivity contribution in [3.63, 3.8) is 0 Å². The minimum absolute atomic E-state index is 0.0356. The number of nitrogens with zero attached hydrogens (tertiary/aromatic N) is 1. The Morgan fingerprint density at radius 1 is 1.14 bits per heavy atom. The van der Waals surface area contributed by atoms with Gasteiger partial charge in [-0.15, -0.1) is 0 Å². The molecule has 6 heteroatoms. The van der Waals surface area contributed by atoms with Crippen molar-refractivity contribution in [2.24, 2.45) is 0 Å². The van der Waals surface area contributed by atoms with E-state index < -0.39 is 0 Å². The number of amides is 1. The maximum Gasteiger partial charge on any atom is 0.248 e. The van der Waals surface area contributed by atoms with Crippen molar-refractivity contribution in [1.29, 1.82) is 0 Å². The normalized spacial score (nSPS) is 13.7. The number of fused-ring (bicyclic) bond motifs is 2. The second kappa shape index (κ2) is 7.44. The number of carbonyl (C=O) groups excluding carboxylic acids is 2.